The molecule has 3 heterocycles. The summed E-state index contributed by atoms with van der Waals surface area (Å²) in [5, 5.41) is 16.4. The van der Waals surface area contributed by atoms with Crippen molar-refractivity contribution in [3.8, 4) is 0 Å². The van der Waals surface area contributed by atoms with Gasteiger partial charge in [-0.1, -0.05) is 66.3 Å². The molecule has 1 aliphatic carbocycles. The molecular weight excluding hydrogens is 526 g/mol. The fourth-order valence-electron chi connectivity index (χ4n) is 6.92. The normalized spacial score (nSPS) is 20.9. The first kappa shape index (κ1) is 28.2. The topological polar surface area (TPSA) is 120 Å². The number of nitrogens with zero attached hydrogens (tertiary/aromatic N) is 5. The number of carbonyl (C=O) groups is 1. The third-order valence-electron chi connectivity index (χ3n) is 9.22. The number of aromatic nitrogens is 2. The van der Waals surface area contributed by atoms with Crippen LogP contribution in [0.2, 0.25) is 0 Å². The van der Waals surface area contributed by atoms with Crippen molar-refractivity contribution in [3.05, 3.63) is 107 Å². The summed E-state index contributed by atoms with van der Waals surface area (Å²) in [6, 6.07) is 17.9. The number of anilines is 2. The molecule has 9 nitrogen and oxygen atoms in total. The summed E-state index contributed by atoms with van der Waals surface area (Å²) in [7, 11) is 0. The number of likely N-dealkylation sites (tertiary alicyclic amines) is 1. The van der Waals surface area contributed by atoms with Crippen molar-refractivity contribution < 1.29 is 4.79 Å². The molecule has 1 atom stereocenters. The van der Waals surface area contributed by atoms with E-state index in [1.165, 1.54) is 11.1 Å². The zero-order valence-corrected chi connectivity index (χ0v) is 24.1. The molecule has 6 rings (SSSR count). The predicted octanol–water partition coefficient (Wildman–Crippen LogP) is 4.49. The Morgan fingerprint density at radius 1 is 1.05 bits per heavy atom. The third-order valence-corrected chi connectivity index (χ3v) is 9.22. The van der Waals surface area contributed by atoms with Gasteiger partial charge < -0.3 is 26.4 Å². The molecule has 1 amide bonds. The highest BCUT2D eigenvalue weighted by Crippen LogP contribution is 2.45. The number of hydrogen-bond acceptors (Lipinski definition) is 7. The fourth-order valence-corrected chi connectivity index (χ4v) is 6.92. The largest absolute Gasteiger partial charge is 0.742 e. The van der Waals surface area contributed by atoms with Crippen LogP contribution < -0.4 is 16.6 Å². The number of hydrogen-bond donors (Lipinski definition) is 2. The smallest absolute Gasteiger partial charge is 0.236 e. The Morgan fingerprint density at radius 3 is 2.50 bits per heavy atom. The van der Waals surface area contributed by atoms with Crippen LogP contribution in [0.5, 0.6) is 0 Å². The van der Waals surface area contributed by atoms with Gasteiger partial charge in [0.1, 0.15) is 11.9 Å². The molecule has 2 aliphatic heterocycles. The summed E-state index contributed by atoms with van der Waals surface area (Å²) >= 11 is 0. The van der Waals surface area contributed by atoms with Gasteiger partial charge in [-0.15, -0.1) is 0 Å². The van der Waals surface area contributed by atoms with E-state index in [1.807, 2.05) is 28.8 Å². The molecule has 9 heteroatoms. The molecule has 220 valence electrons. The second-order valence-corrected chi connectivity index (χ2v) is 11.8. The molecule has 3 aromatic rings. The number of primary amides is 1. The lowest BCUT2D eigenvalue weighted by atomic mass is 9.65. The lowest BCUT2D eigenvalue weighted by Gasteiger charge is -2.45. The van der Waals surface area contributed by atoms with E-state index in [9.17, 15) is 10.0 Å². The van der Waals surface area contributed by atoms with Crippen molar-refractivity contribution in [2.24, 2.45) is 5.73 Å². The maximum Gasteiger partial charge on any atom is 0.236 e. The molecule has 2 saturated heterocycles. The van der Waals surface area contributed by atoms with Crippen molar-refractivity contribution in [2.45, 2.75) is 63.1 Å². The zero-order valence-electron chi connectivity index (χ0n) is 24.1. The summed E-state index contributed by atoms with van der Waals surface area (Å²) in [5.41, 5.74) is 16.9. The van der Waals surface area contributed by atoms with Crippen LogP contribution in [0.1, 0.15) is 55.3 Å². The summed E-state index contributed by atoms with van der Waals surface area (Å²) < 4.78 is 1.88. The van der Waals surface area contributed by atoms with Crippen molar-refractivity contribution in [1.29, 1.82) is 0 Å². The van der Waals surface area contributed by atoms with Crippen LogP contribution in [0.15, 0.2) is 84.7 Å². The van der Waals surface area contributed by atoms with Crippen LogP contribution in [0, 0.1) is 5.21 Å². The predicted molar refractivity (Wildman–Crippen MR) is 166 cm³/mol. The van der Waals surface area contributed by atoms with E-state index < -0.39 is 11.9 Å². The molecule has 0 radical (unpaired) electrons. The molecule has 3 aliphatic rings. The highest BCUT2D eigenvalue weighted by molar-refractivity contribution is 5.80. The zero-order chi connectivity index (χ0) is 29.1. The maximum atomic E-state index is 14.0. The lowest BCUT2D eigenvalue weighted by Crippen LogP contribution is -2.49. The van der Waals surface area contributed by atoms with Crippen LogP contribution >= 0.6 is 0 Å². The van der Waals surface area contributed by atoms with Crippen LogP contribution in [0.3, 0.4) is 0 Å². The van der Waals surface area contributed by atoms with E-state index in [0.29, 0.717) is 43.3 Å². The molecule has 42 heavy (non-hydrogen) atoms. The van der Waals surface area contributed by atoms with Gasteiger partial charge in [0, 0.05) is 24.2 Å². The maximum absolute atomic E-state index is 14.0. The van der Waals surface area contributed by atoms with Crippen molar-refractivity contribution >= 4 is 17.4 Å². The molecule has 4 N–H and O–H groups in total. The van der Waals surface area contributed by atoms with E-state index in [1.54, 1.807) is 11.3 Å². The number of carbonyl (C=O) groups excluding carboxylic acids is 1. The lowest BCUT2D eigenvalue weighted by molar-refractivity contribution is -0.122. The Bertz CT molecular complexity index is 1440. The van der Waals surface area contributed by atoms with Crippen molar-refractivity contribution in [2.75, 3.05) is 30.5 Å². The van der Waals surface area contributed by atoms with Crippen molar-refractivity contribution in [1.82, 2.24) is 19.5 Å². The van der Waals surface area contributed by atoms with Gasteiger partial charge in [0.15, 0.2) is 0 Å². The molecule has 0 bridgehead atoms. The average molecular weight is 567 g/mol. The quantitative estimate of drug-likeness (QED) is 0.289. The Morgan fingerprint density at radius 2 is 1.81 bits per heavy atom. The number of amides is 1. The summed E-state index contributed by atoms with van der Waals surface area (Å²) in [6.07, 6.45) is 14.0. The molecule has 1 unspecified atom stereocenters. The van der Waals surface area contributed by atoms with Gasteiger partial charge in [-0.05, 0) is 74.9 Å². The number of hydrazine groups is 1. The molecule has 2 aromatic carbocycles. The first-order chi connectivity index (χ1) is 20.4. The Kier molecular flexibility index (Phi) is 8.15. The highest BCUT2D eigenvalue weighted by atomic mass is 16.6. The second-order valence-electron chi connectivity index (χ2n) is 11.8. The highest BCUT2D eigenvalue weighted by Gasteiger charge is 2.39. The van der Waals surface area contributed by atoms with Gasteiger partial charge in [0.25, 0.3) is 0 Å². The molecular formula is C33H40N7O2-. The van der Waals surface area contributed by atoms with Crippen LogP contribution in [-0.4, -0.2) is 51.0 Å². The Hall–Kier alpha value is -3.92. The fraction of sp³-hybridized carbons (Fsp3) is 0.394. The molecule has 0 spiro atoms. The first-order valence-electron chi connectivity index (χ1n) is 15.0. The molecule has 1 aromatic heterocycles. The van der Waals surface area contributed by atoms with Crippen LogP contribution in [0.4, 0.5) is 11.5 Å². The standard InChI is InChI=1S/C33H40N7O2/c34-28-15-13-25(14-16-28)22-38-24-36-29(32(38)40(42)39-19-7-12-30(39)31(35)41)23-37-20-17-33(18-21-37,26-8-3-1-4-9-26)27-10-5-2-6-11-27/h1-5,8-10,13-16,24,30H,6-7,11-12,17-23,34H2,(H2,35,41)/q-1. The van der Waals surface area contributed by atoms with E-state index >= 15 is 0 Å². The van der Waals surface area contributed by atoms with Gasteiger partial charge >= 0.3 is 0 Å². The van der Waals surface area contributed by atoms with Gasteiger partial charge in [-0.25, -0.2) is 9.99 Å². The average Bonchev–Trinajstić information content (AvgIpc) is 3.67. The number of allylic oxidation sites excluding steroid dienone is 4. The first-order valence-corrected chi connectivity index (χ1v) is 15.0. The number of nitrogen functional groups attached to an aromatic ring is 1. The number of nitrogens with two attached hydrogens (primary N) is 2. The van der Waals surface area contributed by atoms with Crippen molar-refractivity contribution in [3.63, 3.8) is 0 Å². The second kappa shape index (κ2) is 12.1. The van der Waals surface area contributed by atoms with E-state index in [4.69, 9.17) is 16.5 Å². The van der Waals surface area contributed by atoms with Gasteiger partial charge in [0.05, 0.1) is 18.6 Å². The Labute approximate surface area is 247 Å². The van der Waals surface area contributed by atoms with Gasteiger partial charge in [-0.3, -0.25) is 9.69 Å². The summed E-state index contributed by atoms with van der Waals surface area (Å²) in [5.74, 6) is -0.0142. The monoisotopic (exact) mass is 566 g/mol. The number of rotatable bonds is 9. The van der Waals surface area contributed by atoms with Crippen LogP contribution in [0.25, 0.3) is 0 Å². The summed E-state index contributed by atoms with van der Waals surface area (Å²) in [6.45, 7) is 3.30. The number of piperidine rings is 1. The third kappa shape index (κ3) is 5.60. The number of benzene rings is 2. The molecule has 2 fully saturated rings. The Balaban J connectivity index is 1.26. The van der Waals surface area contributed by atoms with Gasteiger partial charge in [0.2, 0.25) is 5.91 Å². The minimum absolute atomic E-state index is 0.0225. The van der Waals surface area contributed by atoms with Crippen LogP contribution in [-0.2, 0) is 23.3 Å². The molecule has 0 saturated carbocycles. The van der Waals surface area contributed by atoms with Gasteiger partial charge in [-0.2, -0.15) is 0 Å². The SMILES string of the molecule is NC(=O)C1CCCN1N([O-])c1c(CN2CCC(C3=CC=CCC3)(c3ccccc3)CC2)ncn1Cc1ccc(N)cc1. The van der Waals surface area contributed by atoms with E-state index in [-0.39, 0.29) is 5.41 Å². The summed E-state index contributed by atoms with van der Waals surface area (Å²) in [4.78, 5) is 19.3. The van der Waals surface area contributed by atoms with E-state index in [2.05, 4.69) is 53.5 Å². The minimum Gasteiger partial charge on any atom is -0.742 e. The van der Waals surface area contributed by atoms with E-state index in [0.717, 1.165) is 55.9 Å². The minimum atomic E-state index is -0.616. The number of imidazole rings is 1.